The van der Waals surface area contributed by atoms with Crippen LogP contribution >= 0.6 is 15.9 Å². The summed E-state index contributed by atoms with van der Waals surface area (Å²) in [6.45, 7) is 0. The summed E-state index contributed by atoms with van der Waals surface area (Å²) in [6.07, 6.45) is 7.70. The first kappa shape index (κ1) is 19.0. The van der Waals surface area contributed by atoms with E-state index in [-0.39, 0.29) is 16.9 Å². The van der Waals surface area contributed by atoms with E-state index < -0.39 is 9.84 Å². The Morgan fingerprint density at radius 2 is 1.92 bits per heavy atom. The molecule has 0 spiro atoms. The Hall–Kier alpha value is -1.73. The van der Waals surface area contributed by atoms with Crippen molar-refractivity contribution in [2.24, 2.45) is 0 Å². The van der Waals surface area contributed by atoms with Gasteiger partial charge in [-0.2, -0.15) is 0 Å². The van der Waals surface area contributed by atoms with Gasteiger partial charge >= 0.3 is 0 Å². The summed E-state index contributed by atoms with van der Waals surface area (Å²) in [5.41, 5.74) is 1.70. The molecule has 1 aliphatic rings. The summed E-state index contributed by atoms with van der Waals surface area (Å²) in [4.78, 5) is 16.3. The van der Waals surface area contributed by atoms with Crippen LogP contribution in [0.5, 0.6) is 0 Å². The summed E-state index contributed by atoms with van der Waals surface area (Å²) in [6, 6.07) is 8.71. The highest BCUT2D eigenvalue weighted by Gasteiger charge is 2.27. The average Bonchev–Trinajstić information content (AvgIpc) is 2.62. The smallest absolute Gasteiger partial charge is 0.257 e. The number of pyridine rings is 1. The first-order valence-corrected chi connectivity index (χ1v) is 11.2. The molecule has 5 nitrogen and oxygen atoms in total. The molecule has 138 valence electrons. The molecule has 0 bridgehead atoms. The van der Waals surface area contributed by atoms with E-state index in [1.54, 1.807) is 36.5 Å². The molecule has 0 unspecified atom stereocenters. The Balaban J connectivity index is 1.71. The van der Waals surface area contributed by atoms with Crippen LogP contribution in [0.2, 0.25) is 0 Å². The molecule has 26 heavy (non-hydrogen) atoms. The molecule has 1 amide bonds. The van der Waals surface area contributed by atoms with Gasteiger partial charge in [0.25, 0.3) is 5.91 Å². The van der Waals surface area contributed by atoms with Crippen LogP contribution in [-0.2, 0) is 15.6 Å². The van der Waals surface area contributed by atoms with Crippen LogP contribution in [-0.4, -0.2) is 24.6 Å². The first-order valence-electron chi connectivity index (χ1n) is 8.66. The third-order valence-corrected chi connectivity index (χ3v) is 7.24. The molecular formula is C19H21BrN2O3S. The van der Waals surface area contributed by atoms with Gasteiger partial charge in [-0.1, -0.05) is 31.4 Å². The van der Waals surface area contributed by atoms with Crippen molar-refractivity contribution in [1.29, 1.82) is 0 Å². The van der Waals surface area contributed by atoms with E-state index in [0.717, 1.165) is 36.6 Å². The number of anilines is 1. The lowest BCUT2D eigenvalue weighted by Crippen LogP contribution is -2.25. The zero-order chi connectivity index (χ0) is 18.6. The van der Waals surface area contributed by atoms with Crippen molar-refractivity contribution < 1.29 is 13.2 Å². The second-order valence-corrected chi connectivity index (χ2v) is 9.81. The molecule has 1 aromatic carbocycles. The number of hydrogen-bond donors (Lipinski definition) is 1. The number of hydrogen-bond acceptors (Lipinski definition) is 4. The van der Waals surface area contributed by atoms with E-state index >= 15 is 0 Å². The highest BCUT2D eigenvalue weighted by Crippen LogP contribution is 2.26. The molecule has 0 atom stereocenters. The number of aromatic nitrogens is 1. The molecule has 1 N–H and O–H groups in total. The fraction of sp³-hybridized carbons (Fsp3) is 0.368. The van der Waals surface area contributed by atoms with Gasteiger partial charge in [-0.15, -0.1) is 0 Å². The van der Waals surface area contributed by atoms with Gasteiger partial charge in [-0.05, 0) is 52.5 Å². The lowest BCUT2D eigenvalue weighted by atomic mass is 10.0. The van der Waals surface area contributed by atoms with Crippen LogP contribution in [0, 0.1) is 0 Å². The van der Waals surface area contributed by atoms with Crippen molar-refractivity contribution in [3.05, 3.63) is 58.3 Å². The first-order chi connectivity index (χ1) is 12.4. The standard InChI is InChI=1S/C19H21BrN2O3S/c20-16-10-15(11-21-12-16)19(23)22-17-6-4-5-14(9-17)13-26(24,25)18-7-2-1-3-8-18/h4-6,9-12,18H,1-3,7-8,13H2,(H,22,23). The Labute approximate surface area is 162 Å². The second-order valence-electron chi connectivity index (χ2n) is 6.61. The lowest BCUT2D eigenvalue weighted by Gasteiger charge is -2.21. The molecule has 0 aliphatic heterocycles. The van der Waals surface area contributed by atoms with Gasteiger partial charge in [-0.3, -0.25) is 9.78 Å². The molecule has 0 radical (unpaired) electrons. The number of amides is 1. The topological polar surface area (TPSA) is 76.1 Å². The Bertz CT molecular complexity index is 893. The van der Waals surface area contributed by atoms with Gasteiger partial charge in [0.1, 0.15) is 0 Å². The van der Waals surface area contributed by atoms with E-state index in [4.69, 9.17) is 0 Å². The summed E-state index contributed by atoms with van der Waals surface area (Å²) >= 11 is 3.29. The lowest BCUT2D eigenvalue weighted by molar-refractivity contribution is 0.102. The van der Waals surface area contributed by atoms with Crippen LogP contribution in [0.15, 0.2) is 47.2 Å². The second kappa shape index (κ2) is 8.31. The van der Waals surface area contributed by atoms with Crippen molar-refractivity contribution in [1.82, 2.24) is 4.98 Å². The van der Waals surface area contributed by atoms with Gasteiger partial charge in [0.15, 0.2) is 9.84 Å². The zero-order valence-corrected chi connectivity index (χ0v) is 16.7. The number of nitrogens with zero attached hydrogens (tertiary/aromatic N) is 1. The quantitative estimate of drug-likeness (QED) is 0.755. The molecular weight excluding hydrogens is 416 g/mol. The van der Waals surface area contributed by atoms with Crippen LogP contribution < -0.4 is 5.32 Å². The Morgan fingerprint density at radius 1 is 1.15 bits per heavy atom. The number of benzene rings is 1. The van der Waals surface area contributed by atoms with Crippen molar-refractivity contribution in [3.63, 3.8) is 0 Å². The minimum Gasteiger partial charge on any atom is -0.322 e. The summed E-state index contributed by atoms with van der Waals surface area (Å²) < 4.78 is 26.0. The summed E-state index contributed by atoms with van der Waals surface area (Å²) in [7, 11) is -3.17. The normalized spacial score (nSPS) is 15.6. The van der Waals surface area contributed by atoms with E-state index in [0.29, 0.717) is 16.8 Å². The van der Waals surface area contributed by atoms with Crippen molar-refractivity contribution >= 4 is 37.4 Å². The maximum atomic E-state index is 12.6. The maximum Gasteiger partial charge on any atom is 0.257 e. The van der Waals surface area contributed by atoms with Crippen LogP contribution in [0.4, 0.5) is 5.69 Å². The molecule has 1 aromatic heterocycles. The molecule has 1 heterocycles. The number of nitrogens with one attached hydrogen (secondary N) is 1. The van der Waals surface area contributed by atoms with Gasteiger partial charge in [0.05, 0.1) is 16.6 Å². The minimum absolute atomic E-state index is 0.0137. The molecule has 1 aliphatic carbocycles. The van der Waals surface area contributed by atoms with Crippen molar-refractivity contribution in [3.8, 4) is 0 Å². The predicted molar refractivity (Wildman–Crippen MR) is 106 cm³/mol. The molecule has 1 saturated carbocycles. The fourth-order valence-electron chi connectivity index (χ4n) is 3.25. The third-order valence-electron chi connectivity index (χ3n) is 4.58. The SMILES string of the molecule is O=C(Nc1cccc(CS(=O)(=O)C2CCCCC2)c1)c1cncc(Br)c1. The summed E-state index contributed by atoms with van der Waals surface area (Å²) in [5, 5.41) is 2.56. The highest BCUT2D eigenvalue weighted by atomic mass is 79.9. The molecule has 2 aromatic rings. The number of carbonyl (C=O) groups excluding carboxylic acids is 1. The van der Waals surface area contributed by atoms with Crippen LogP contribution in [0.3, 0.4) is 0 Å². The van der Waals surface area contributed by atoms with Crippen LogP contribution in [0.1, 0.15) is 48.0 Å². The Morgan fingerprint density at radius 3 is 2.65 bits per heavy atom. The van der Waals surface area contributed by atoms with E-state index in [1.807, 2.05) is 0 Å². The van der Waals surface area contributed by atoms with E-state index in [2.05, 4.69) is 26.2 Å². The van der Waals surface area contributed by atoms with Crippen LogP contribution in [0.25, 0.3) is 0 Å². The Kier molecular flexibility index (Phi) is 6.09. The predicted octanol–water partition coefficient (Wildman–Crippen LogP) is 4.34. The monoisotopic (exact) mass is 436 g/mol. The van der Waals surface area contributed by atoms with E-state index in [9.17, 15) is 13.2 Å². The van der Waals surface area contributed by atoms with Gasteiger partial charge < -0.3 is 5.32 Å². The molecule has 3 rings (SSSR count). The van der Waals surface area contributed by atoms with E-state index in [1.165, 1.54) is 6.20 Å². The highest BCUT2D eigenvalue weighted by molar-refractivity contribution is 9.10. The number of carbonyl (C=O) groups is 1. The fourth-order valence-corrected chi connectivity index (χ4v) is 5.55. The number of sulfone groups is 1. The molecule has 0 saturated heterocycles. The van der Waals surface area contributed by atoms with Gasteiger partial charge in [-0.25, -0.2) is 8.42 Å². The molecule has 7 heteroatoms. The van der Waals surface area contributed by atoms with Gasteiger partial charge in [0.2, 0.25) is 0 Å². The minimum atomic E-state index is -3.17. The van der Waals surface area contributed by atoms with Crippen molar-refractivity contribution in [2.45, 2.75) is 43.1 Å². The maximum absolute atomic E-state index is 12.6. The number of halogens is 1. The largest absolute Gasteiger partial charge is 0.322 e. The molecule has 1 fully saturated rings. The average molecular weight is 437 g/mol. The zero-order valence-electron chi connectivity index (χ0n) is 14.3. The summed E-state index contributed by atoms with van der Waals surface area (Å²) in [5.74, 6) is -0.272. The third kappa shape index (κ3) is 4.92. The number of rotatable bonds is 5. The van der Waals surface area contributed by atoms with Crippen molar-refractivity contribution in [2.75, 3.05) is 5.32 Å². The van der Waals surface area contributed by atoms with Gasteiger partial charge in [0, 0.05) is 22.6 Å².